The van der Waals surface area contributed by atoms with E-state index >= 15 is 0 Å². The molecule has 0 unspecified atom stereocenters. The maximum Gasteiger partial charge on any atom is 0.122 e. The van der Waals surface area contributed by atoms with Gasteiger partial charge in [0, 0.05) is 12.8 Å². The number of allylic oxidation sites excluding steroid dienone is 2. The Kier molecular flexibility index (Phi) is 19.9. The fourth-order valence-electron chi connectivity index (χ4n) is 1.57. The molecule has 0 spiro atoms. The molecule has 0 rings (SSSR count). The highest BCUT2D eigenvalue weighted by Crippen LogP contribution is 1.94. The zero-order valence-corrected chi connectivity index (χ0v) is 20.2. The molecule has 0 aromatic carbocycles. The van der Waals surface area contributed by atoms with Crippen molar-refractivity contribution in [3.8, 4) is 0 Å². The van der Waals surface area contributed by atoms with E-state index in [1.165, 1.54) is 0 Å². The van der Waals surface area contributed by atoms with Gasteiger partial charge < -0.3 is 66.6 Å². The molecule has 0 saturated carbocycles. The molecular weight excluding hydrogens is 534 g/mol. The van der Waals surface area contributed by atoms with Gasteiger partial charge in [0.15, 0.2) is 0 Å². The fourth-order valence-corrected chi connectivity index (χ4v) is 1.57. The Hall–Kier alpha value is 0.0600. The van der Waals surface area contributed by atoms with Gasteiger partial charge >= 0.3 is 0 Å². The molecule has 0 aromatic rings. The van der Waals surface area contributed by atoms with Crippen molar-refractivity contribution in [1.82, 2.24) is 0 Å². The Morgan fingerprint density at radius 1 is 0.667 bits per heavy atom. The molecule has 24 heavy (non-hydrogen) atoms. The largest absolute Gasteiger partial charge is 1.00 e. The Balaban J connectivity index is -0.00000220. The summed E-state index contributed by atoms with van der Waals surface area (Å²) >= 11 is 0. The van der Waals surface area contributed by atoms with Crippen molar-refractivity contribution in [2.75, 3.05) is 68.6 Å². The average molecular weight is 568 g/mol. The Morgan fingerprint density at radius 3 is 1.29 bits per heavy atom. The predicted octanol–water partition coefficient (Wildman–Crippen LogP) is -4.25. The molecule has 0 aliphatic rings. The average Bonchev–Trinajstić information content (AvgIpc) is 2.36. The number of oxime groups is 2. The highest BCUT2D eigenvalue weighted by atomic mass is 127. The minimum atomic E-state index is 0. The summed E-state index contributed by atoms with van der Waals surface area (Å²) < 4.78 is 1.89. The molecule has 0 aromatic heterocycles. The number of rotatable bonds is 12. The van der Waals surface area contributed by atoms with Crippen LogP contribution in [0, 0.1) is 0 Å². The summed E-state index contributed by atoms with van der Waals surface area (Å²) in [5.41, 5.74) is 0. The van der Waals surface area contributed by atoms with Crippen LogP contribution >= 0.6 is 0 Å². The Bertz CT molecular complexity index is 328. The van der Waals surface area contributed by atoms with E-state index in [2.05, 4.69) is 52.6 Å². The maximum atomic E-state index is 5.15. The molecule has 0 radical (unpaired) electrons. The number of halogens is 2. The second-order valence-electron chi connectivity index (χ2n) is 7.30. The van der Waals surface area contributed by atoms with E-state index in [-0.39, 0.29) is 48.0 Å². The first-order valence-electron chi connectivity index (χ1n) is 7.77. The Labute approximate surface area is 182 Å². The predicted molar refractivity (Wildman–Crippen MR) is 93.1 cm³/mol. The van der Waals surface area contributed by atoms with Gasteiger partial charge in [-0.3, -0.25) is 0 Å². The summed E-state index contributed by atoms with van der Waals surface area (Å²) in [4.78, 5) is 10.3. The maximum absolute atomic E-state index is 5.15. The standard InChI is InChI=1S/C16H34N4O2.2HI/c1-19(2,3)13-9-15-21-17-11-7-8-12-18-22-16-10-14-20(4,5)6;;/h7-8,11-12H,9-10,13-16H2,1-6H3;2*1H/q+2;;/p-2/b8-7+,17-11+,18-12+;;. The van der Waals surface area contributed by atoms with Crippen LogP contribution in [-0.2, 0) is 9.68 Å². The highest BCUT2D eigenvalue weighted by Gasteiger charge is 2.05. The molecule has 0 amide bonds. The topological polar surface area (TPSA) is 43.2 Å². The van der Waals surface area contributed by atoms with Crippen LogP contribution < -0.4 is 48.0 Å². The third kappa shape index (κ3) is 26.9. The van der Waals surface area contributed by atoms with E-state index < -0.39 is 0 Å². The van der Waals surface area contributed by atoms with Crippen molar-refractivity contribution < 1.29 is 66.6 Å². The van der Waals surface area contributed by atoms with E-state index in [9.17, 15) is 0 Å². The summed E-state index contributed by atoms with van der Waals surface area (Å²) in [5.74, 6) is 0. The summed E-state index contributed by atoms with van der Waals surface area (Å²) in [7, 11) is 13.0. The molecule has 8 heteroatoms. The molecule has 0 N–H and O–H groups in total. The lowest BCUT2D eigenvalue weighted by Gasteiger charge is -2.23. The second-order valence-corrected chi connectivity index (χ2v) is 7.30. The van der Waals surface area contributed by atoms with Gasteiger partial charge in [0.1, 0.15) is 13.2 Å². The first kappa shape index (κ1) is 28.8. The Morgan fingerprint density at radius 2 is 1.00 bits per heavy atom. The molecule has 6 nitrogen and oxygen atoms in total. The van der Waals surface area contributed by atoms with Gasteiger partial charge in [0.2, 0.25) is 0 Å². The third-order valence-corrected chi connectivity index (χ3v) is 2.68. The van der Waals surface area contributed by atoms with Crippen LogP contribution in [0.25, 0.3) is 0 Å². The van der Waals surface area contributed by atoms with Gasteiger partial charge in [-0.2, -0.15) is 0 Å². The molecule has 0 aliphatic carbocycles. The molecule has 0 aliphatic heterocycles. The van der Waals surface area contributed by atoms with Crippen LogP contribution in [0.4, 0.5) is 0 Å². The summed E-state index contributed by atoms with van der Waals surface area (Å²) in [5, 5.41) is 7.68. The lowest BCUT2D eigenvalue weighted by Crippen LogP contribution is -3.00. The van der Waals surface area contributed by atoms with Gasteiger partial charge in [0.05, 0.1) is 67.8 Å². The van der Waals surface area contributed by atoms with Crippen molar-refractivity contribution >= 4 is 12.4 Å². The SMILES string of the molecule is C[N+](C)(C)CCCO/N=C/C=C/C=N/OCCC[N+](C)(C)C.[I-].[I-]. The second kappa shape index (κ2) is 16.5. The minimum Gasteiger partial charge on any atom is -1.00 e. The summed E-state index contributed by atoms with van der Waals surface area (Å²) in [6.07, 6.45) is 8.72. The quantitative estimate of drug-likeness (QED) is 0.0788. The lowest BCUT2D eigenvalue weighted by atomic mass is 10.4. The van der Waals surface area contributed by atoms with E-state index in [1.54, 1.807) is 24.6 Å². The van der Waals surface area contributed by atoms with Gasteiger partial charge in [0.25, 0.3) is 0 Å². The first-order chi connectivity index (χ1) is 10.2. The van der Waals surface area contributed by atoms with Crippen LogP contribution in [0.1, 0.15) is 12.8 Å². The van der Waals surface area contributed by atoms with Crippen LogP contribution in [-0.4, -0.2) is 90.0 Å². The van der Waals surface area contributed by atoms with Crippen LogP contribution in [0.15, 0.2) is 22.5 Å². The molecule has 0 bridgehead atoms. The van der Waals surface area contributed by atoms with Gasteiger partial charge in [-0.15, -0.1) is 0 Å². The lowest BCUT2D eigenvalue weighted by molar-refractivity contribution is -0.870. The number of hydrogen-bond donors (Lipinski definition) is 0. The third-order valence-electron chi connectivity index (χ3n) is 2.68. The van der Waals surface area contributed by atoms with Crippen molar-refractivity contribution in [1.29, 1.82) is 0 Å². The van der Waals surface area contributed by atoms with Crippen molar-refractivity contribution in [3.63, 3.8) is 0 Å². The van der Waals surface area contributed by atoms with E-state index in [0.29, 0.717) is 13.2 Å². The van der Waals surface area contributed by atoms with E-state index in [4.69, 9.17) is 9.68 Å². The van der Waals surface area contributed by atoms with Crippen LogP contribution in [0.2, 0.25) is 0 Å². The highest BCUT2D eigenvalue weighted by molar-refractivity contribution is 5.80. The molecule has 144 valence electrons. The van der Waals surface area contributed by atoms with Gasteiger partial charge in [-0.05, 0) is 12.2 Å². The minimum absolute atomic E-state index is 0. The van der Waals surface area contributed by atoms with Crippen molar-refractivity contribution in [2.24, 2.45) is 10.3 Å². The van der Waals surface area contributed by atoms with Crippen LogP contribution in [0.5, 0.6) is 0 Å². The smallest absolute Gasteiger partial charge is 0.122 e. The summed E-state index contributed by atoms with van der Waals surface area (Å²) in [6, 6.07) is 0. The molecule has 0 saturated heterocycles. The normalized spacial score (nSPS) is 12.4. The van der Waals surface area contributed by atoms with Gasteiger partial charge in [-0.25, -0.2) is 0 Å². The summed E-state index contributed by atoms with van der Waals surface area (Å²) in [6.45, 7) is 3.43. The number of nitrogens with zero attached hydrogens (tertiary/aromatic N) is 4. The number of hydrogen-bond acceptors (Lipinski definition) is 4. The van der Waals surface area contributed by atoms with Gasteiger partial charge in [-0.1, -0.05) is 10.3 Å². The monoisotopic (exact) mass is 568 g/mol. The molecular formula is C16H34I2N4O2. The zero-order valence-electron chi connectivity index (χ0n) is 15.9. The van der Waals surface area contributed by atoms with Crippen LogP contribution in [0.3, 0.4) is 0 Å². The molecule has 0 fully saturated rings. The van der Waals surface area contributed by atoms with Crippen molar-refractivity contribution in [3.05, 3.63) is 12.2 Å². The zero-order chi connectivity index (χ0) is 16.9. The van der Waals surface area contributed by atoms with E-state index in [0.717, 1.165) is 34.9 Å². The van der Waals surface area contributed by atoms with E-state index in [1.807, 2.05) is 0 Å². The molecule has 0 heterocycles. The fraction of sp³-hybridized carbons (Fsp3) is 0.750. The first-order valence-corrected chi connectivity index (χ1v) is 7.77. The number of quaternary nitrogens is 2. The molecule has 0 atom stereocenters. The van der Waals surface area contributed by atoms with Crippen molar-refractivity contribution in [2.45, 2.75) is 12.8 Å².